The van der Waals surface area contributed by atoms with Crippen molar-refractivity contribution in [1.29, 1.82) is 0 Å². The second-order valence-electron chi connectivity index (χ2n) is 6.61. The van der Waals surface area contributed by atoms with E-state index in [1.807, 2.05) is 50.2 Å². The number of hydrogen-bond donors (Lipinski definition) is 2. The topological polar surface area (TPSA) is 61.4 Å². The van der Waals surface area contributed by atoms with Crippen LogP contribution in [0.15, 0.2) is 47.4 Å². The number of anilines is 1. The molecule has 0 aliphatic rings. The molecule has 0 aliphatic carbocycles. The average Bonchev–Trinajstić information content (AvgIpc) is 2.63. The molecule has 0 bridgehead atoms. The number of carbonyl (C=O) groups excluding carboxylic acids is 2. The van der Waals surface area contributed by atoms with Crippen molar-refractivity contribution in [1.82, 2.24) is 10.2 Å². The van der Waals surface area contributed by atoms with Crippen molar-refractivity contribution >= 4 is 29.3 Å². The van der Waals surface area contributed by atoms with E-state index in [0.717, 1.165) is 22.4 Å². The van der Waals surface area contributed by atoms with E-state index in [1.165, 1.54) is 4.90 Å². The first kappa shape index (κ1) is 21.0. The van der Waals surface area contributed by atoms with Crippen molar-refractivity contribution in [2.45, 2.75) is 25.3 Å². The first-order chi connectivity index (χ1) is 12.9. The molecule has 0 radical (unpaired) electrons. The SMILES string of the molecule is CSc1ccc(CN(C)CC(=O)NCC(=O)Nc2c(C)cccc2C)cc1. The van der Waals surface area contributed by atoms with Crippen LogP contribution in [-0.4, -0.2) is 43.1 Å². The van der Waals surface area contributed by atoms with E-state index in [0.29, 0.717) is 6.54 Å². The van der Waals surface area contributed by atoms with Gasteiger partial charge in [0.25, 0.3) is 0 Å². The monoisotopic (exact) mass is 385 g/mol. The Bertz CT molecular complexity index is 770. The molecule has 6 heteroatoms. The lowest BCUT2D eigenvalue weighted by molar-refractivity contribution is -0.124. The lowest BCUT2D eigenvalue weighted by atomic mass is 10.1. The maximum Gasteiger partial charge on any atom is 0.243 e. The molecule has 0 saturated heterocycles. The highest BCUT2D eigenvalue weighted by Gasteiger charge is 2.11. The van der Waals surface area contributed by atoms with Gasteiger partial charge in [-0.2, -0.15) is 0 Å². The fourth-order valence-corrected chi connectivity index (χ4v) is 3.18. The zero-order valence-electron chi connectivity index (χ0n) is 16.3. The largest absolute Gasteiger partial charge is 0.346 e. The van der Waals surface area contributed by atoms with E-state index in [4.69, 9.17) is 0 Å². The van der Waals surface area contributed by atoms with Crippen molar-refractivity contribution in [2.24, 2.45) is 0 Å². The summed E-state index contributed by atoms with van der Waals surface area (Å²) in [4.78, 5) is 27.4. The number of hydrogen-bond acceptors (Lipinski definition) is 4. The smallest absolute Gasteiger partial charge is 0.243 e. The summed E-state index contributed by atoms with van der Waals surface area (Å²) >= 11 is 1.70. The molecule has 0 aromatic heterocycles. The molecular formula is C21H27N3O2S. The van der Waals surface area contributed by atoms with Crippen LogP contribution in [0.4, 0.5) is 5.69 Å². The molecule has 2 aromatic rings. The molecule has 0 aliphatic heterocycles. The Labute approximate surface area is 165 Å². The van der Waals surface area contributed by atoms with Gasteiger partial charge in [0.2, 0.25) is 11.8 Å². The number of likely N-dealkylation sites (N-methyl/N-ethyl adjacent to an activating group) is 1. The number of rotatable bonds is 8. The summed E-state index contributed by atoms with van der Waals surface area (Å²) in [6.07, 6.45) is 2.04. The Hall–Kier alpha value is -2.31. The van der Waals surface area contributed by atoms with Crippen molar-refractivity contribution < 1.29 is 9.59 Å². The number of nitrogens with zero attached hydrogens (tertiary/aromatic N) is 1. The van der Waals surface area contributed by atoms with E-state index >= 15 is 0 Å². The Morgan fingerprint density at radius 3 is 2.22 bits per heavy atom. The van der Waals surface area contributed by atoms with Crippen LogP contribution in [0.2, 0.25) is 0 Å². The highest BCUT2D eigenvalue weighted by atomic mass is 32.2. The molecule has 2 amide bonds. The van der Waals surface area contributed by atoms with Gasteiger partial charge >= 0.3 is 0 Å². The van der Waals surface area contributed by atoms with Gasteiger partial charge in [0.05, 0.1) is 13.1 Å². The van der Waals surface area contributed by atoms with Crippen molar-refractivity contribution in [2.75, 3.05) is 31.7 Å². The molecule has 144 valence electrons. The molecule has 2 aromatic carbocycles. The summed E-state index contributed by atoms with van der Waals surface area (Å²) < 4.78 is 0. The van der Waals surface area contributed by atoms with Gasteiger partial charge in [0.1, 0.15) is 0 Å². The molecule has 27 heavy (non-hydrogen) atoms. The van der Waals surface area contributed by atoms with E-state index in [9.17, 15) is 9.59 Å². The number of para-hydroxylation sites is 1. The number of thioether (sulfide) groups is 1. The minimum absolute atomic E-state index is 0.0388. The molecular weight excluding hydrogens is 358 g/mol. The molecule has 2 N–H and O–H groups in total. The van der Waals surface area contributed by atoms with Gasteiger partial charge < -0.3 is 10.6 Å². The third-order valence-electron chi connectivity index (χ3n) is 4.22. The van der Waals surface area contributed by atoms with Gasteiger partial charge in [0, 0.05) is 17.1 Å². The van der Waals surface area contributed by atoms with Gasteiger partial charge in [0.15, 0.2) is 0 Å². The summed E-state index contributed by atoms with van der Waals surface area (Å²) in [5.74, 6) is -0.397. The summed E-state index contributed by atoms with van der Waals surface area (Å²) in [6.45, 7) is 4.77. The van der Waals surface area contributed by atoms with Gasteiger partial charge in [-0.15, -0.1) is 11.8 Å². The van der Waals surface area contributed by atoms with Crippen LogP contribution in [0.3, 0.4) is 0 Å². The molecule has 0 fully saturated rings. The van der Waals surface area contributed by atoms with E-state index < -0.39 is 0 Å². The standard InChI is InChI=1S/C21H27N3O2S/c1-15-6-5-7-16(2)21(15)23-19(25)12-22-20(26)14-24(3)13-17-8-10-18(27-4)11-9-17/h5-11H,12-14H2,1-4H3,(H,22,26)(H,23,25). The second-order valence-corrected chi connectivity index (χ2v) is 7.49. The summed E-state index contributed by atoms with van der Waals surface area (Å²) in [6, 6.07) is 14.1. The number of amides is 2. The second kappa shape index (κ2) is 10.1. The van der Waals surface area contributed by atoms with Gasteiger partial charge in [-0.1, -0.05) is 30.3 Å². The predicted octanol–water partition coefficient (Wildman–Crippen LogP) is 3.21. The fraction of sp³-hybridized carbons (Fsp3) is 0.333. The Morgan fingerprint density at radius 2 is 1.63 bits per heavy atom. The summed E-state index contributed by atoms with van der Waals surface area (Å²) in [5, 5.41) is 5.55. The highest BCUT2D eigenvalue weighted by molar-refractivity contribution is 7.98. The average molecular weight is 386 g/mol. The lowest BCUT2D eigenvalue weighted by Crippen LogP contribution is -2.39. The molecule has 0 heterocycles. The first-order valence-electron chi connectivity index (χ1n) is 8.83. The molecule has 5 nitrogen and oxygen atoms in total. The minimum atomic E-state index is -0.226. The molecule has 2 rings (SSSR count). The van der Waals surface area contributed by atoms with Gasteiger partial charge in [-0.3, -0.25) is 14.5 Å². The van der Waals surface area contributed by atoms with Gasteiger partial charge in [-0.25, -0.2) is 0 Å². The molecule has 0 saturated carbocycles. The fourth-order valence-electron chi connectivity index (χ4n) is 2.77. The zero-order valence-corrected chi connectivity index (χ0v) is 17.2. The Kier molecular flexibility index (Phi) is 7.88. The van der Waals surface area contributed by atoms with E-state index in [2.05, 4.69) is 34.9 Å². The molecule has 0 atom stereocenters. The van der Waals surface area contributed by atoms with Crippen LogP contribution in [0.25, 0.3) is 0 Å². The summed E-state index contributed by atoms with van der Waals surface area (Å²) in [7, 11) is 1.89. The molecule has 0 unspecified atom stereocenters. The minimum Gasteiger partial charge on any atom is -0.346 e. The van der Waals surface area contributed by atoms with Crippen molar-refractivity contribution in [3.8, 4) is 0 Å². The normalized spacial score (nSPS) is 10.7. The van der Waals surface area contributed by atoms with Gasteiger partial charge in [-0.05, 0) is 56.0 Å². The Balaban J connectivity index is 1.76. The first-order valence-corrected chi connectivity index (χ1v) is 10.1. The third-order valence-corrected chi connectivity index (χ3v) is 4.96. The third kappa shape index (κ3) is 6.73. The number of aryl methyl sites for hydroxylation is 2. The van der Waals surface area contributed by atoms with Crippen LogP contribution < -0.4 is 10.6 Å². The predicted molar refractivity (Wildman–Crippen MR) is 112 cm³/mol. The number of carbonyl (C=O) groups is 2. The van der Waals surface area contributed by atoms with Crippen LogP contribution in [0.5, 0.6) is 0 Å². The maximum absolute atomic E-state index is 12.1. The van der Waals surface area contributed by atoms with E-state index in [1.54, 1.807) is 11.8 Å². The van der Waals surface area contributed by atoms with Crippen LogP contribution >= 0.6 is 11.8 Å². The maximum atomic E-state index is 12.1. The quantitative estimate of drug-likeness (QED) is 0.685. The molecule has 0 spiro atoms. The van der Waals surface area contributed by atoms with Crippen LogP contribution in [-0.2, 0) is 16.1 Å². The van der Waals surface area contributed by atoms with Crippen molar-refractivity contribution in [3.05, 3.63) is 59.2 Å². The number of benzene rings is 2. The van der Waals surface area contributed by atoms with E-state index in [-0.39, 0.29) is 24.9 Å². The van der Waals surface area contributed by atoms with Crippen LogP contribution in [0.1, 0.15) is 16.7 Å². The zero-order chi connectivity index (χ0) is 19.8. The highest BCUT2D eigenvalue weighted by Crippen LogP contribution is 2.19. The Morgan fingerprint density at radius 1 is 1.00 bits per heavy atom. The lowest BCUT2D eigenvalue weighted by Gasteiger charge is -2.17. The number of nitrogens with one attached hydrogen (secondary N) is 2. The van der Waals surface area contributed by atoms with Crippen molar-refractivity contribution in [3.63, 3.8) is 0 Å². The van der Waals surface area contributed by atoms with Crippen LogP contribution in [0, 0.1) is 13.8 Å². The summed E-state index contributed by atoms with van der Waals surface area (Å²) in [5.41, 5.74) is 3.96.